The molecule has 9 heteroatoms. The molecule has 0 radical (unpaired) electrons. The third kappa shape index (κ3) is 6.65. The maximum Gasteiger partial charge on any atom is 0.335 e. The Morgan fingerprint density at radius 2 is 1.89 bits per heavy atom. The minimum absolute atomic E-state index is 0.119. The Morgan fingerprint density at radius 3 is 2.61 bits per heavy atom. The lowest BCUT2D eigenvalue weighted by atomic mass is 10.1. The zero-order valence-corrected chi connectivity index (χ0v) is 22.2. The molecule has 0 aliphatic carbocycles. The Hall–Kier alpha value is -4.01. The van der Waals surface area contributed by atoms with Gasteiger partial charge in [0.1, 0.15) is 6.61 Å². The molecule has 1 saturated heterocycles. The highest BCUT2D eigenvalue weighted by Crippen LogP contribution is 2.36. The van der Waals surface area contributed by atoms with Crippen LogP contribution in [0, 0.1) is 0 Å². The van der Waals surface area contributed by atoms with Crippen LogP contribution in [-0.4, -0.2) is 40.2 Å². The van der Waals surface area contributed by atoms with Gasteiger partial charge in [-0.3, -0.25) is 9.69 Å². The summed E-state index contributed by atoms with van der Waals surface area (Å²) in [5, 5.41) is 10.4. The summed E-state index contributed by atoms with van der Waals surface area (Å²) in [5.41, 5.74) is 2.29. The number of carboxylic acid groups (broad SMARTS) is 1. The standard InChI is InChI=1S/C29H25ClN2O5S/c1-3-14-32-27(33)26(38-29(32)31-23-7-5-6-21(17-23)28(34)35)16-20-10-13-24(25(15-20)36-4-2)37-18-19-8-11-22(30)12-9-19/h3,5-13,15-17H,1,4,14,18H2,2H3,(H,34,35)/b26-16-,31-29?. The van der Waals surface area contributed by atoms with Gasteiger partial charge in [-0.2, -0.15) is 0 Å². The fourth-order valence-corrected chi connectivity index (χ4v) is 4.73. The van der Waals surface area contributed by atoms with Gasteiger partial charge in [-0.1, -0.05) is 41.9 Å². The first-order valence-electron chi connectivity index (χ1n) is 11.8. The molecule has 3 aromatic rings. The van der Waals surface area contributed by atoms with Gasteiger partial charge in [0.15, 0.2) is 16.7 Å². The fraction of sp³-hybridized carbons (Fsp3) is 0.138. The summed E-state index contributed by atoms with van der Waals surface area (Å²) >= 11 is 7.17. The van der Waals surface area contributed by atoms with E-state index in [0.29, 0.717) is 45.5 Å². The second-order valence-electron chi connectivity index (χ2n) is 8.12. The van der Waals surface area contributed by atoms with Crippen LogP contribution in [0.1, 0.15) is 28.4 Å². The number of hydrogen-bond donors (Lipinski definition) is 1. The average Bonchev–Trinajstić information content (AvgIpc) is 3.18. The van der Waals surface area contributed by atoms with E-state index in [4.69, 9.17) is 21.1 Å². The summed E-state index contributed by atoms with van der Waals surface area (Å²) in [6, 6.07) is 19.2. The molecular weight excluding hydrogens is 524 g/mol. The van der Waals surface area contributed by atoms with Crippen molar-refractivity contribution in [3.05, 3.63) is 106 Å². The first-order valence-corrected chi connectivity index (χ1v) is 13.0. The minimum atomic E-state index is -1.04. The zero-order chi connectivity index (χ0) is 27.1. The van der Waals surface area contributed by atoms with Gasteiger partial charge in [-0.05, 0) is 78.4 Å². The molecule has 1 aliphatic heterocycles. The molecule has 194 valence electrons. The molecule has 0 spiro atoms. The number of aliphatic imine (C=N–C) groups is 1. The van der Waals surface area contributed by atoms with Crippen LogP contribution in [-0.2, 0) is 11.4 Å². The molecule has 7 nitrogen and oxygen atoms in total. The maximum absolute atomic E-state index is 13.2. The SMILES string of the molecule is C=CCN1C(=O)/C(=C/c2ccc(OCc3ccc(Cl)cc3)c(OCC)c2)SC1=Nc1cccc(C(=O)O)c1. The van der Waals surface area contributed by atoms with Crippen molar-refractivity contribution in [1.29, 1.82) is 0 Å². The van der Waals surface area contributed by atoms with Gasteiger partial charge in [0.2, 0.25) is 0 Å². The number of rotatable bonds is 10. The number of carboxylic acids is 1. The normalized spacial score (nSPS) is 15.2. The summed E-state index contributed by atoms with van der Waals surface area (Å²) in [6.45, 7) is 6.70. The summed E-state index contributed by atoms with van der Waals surface area (Å²) < 4.78 is 11.8. The van der Waals surface area contributed by atoms with E-state index < -0.39 is 5.97 Å². The quantitative estimate of drug-likeness (QED) is 0.221. The van der Waals surface area contributed by atoms with Gasteiger partial charge in [0.25, 0.3) is 5.91 Å². The Labute approximate surface area is 230 Å². The van der Waals surface area contributed by atoms with Crippen molar-refractivity contribution in [2.24, 2.45) is 4.99 Å². The summed E-state index contributed by atoms with van der Waals surface area (Å²) in [6.07, 6.45) is 3.38. The van der Waals surface area contributed by atoms with E-state index in [1.54, 1.807) is 24.3 Å². The predicted octanol–water partition coefficient (Wildman–Crippen LogP) is 6.81. The predicted molar refractivity (Wildman–Crippen MR) is 151 cm³/mol. The van der Waals surface area contributed by atoms with Gasteiger partial charge in [-0.15, -0.1) is 6.58 Å². The van der Waals surface area contributed by atoms with Crippen molar-refractivity contribution in [3.8, 4) is 11.5 Å². The molecule has 1 aliphatic rings. The maximum atomic E-state index is 13.2. The molecule has 1 amide bonds. The van der Waals surface area contributed by atoms with E-state index >= 15 is 0 Å². The van der Waals surface area contributed by atoms with Crippen molar-refractivity contribution in [3.63, 3.8) is 0 Å². The molecule has 1 N–H and O–H groups in total. The number of carbonyl (C=O) groups excluding carboxylic acids is 1. The largest absolute Gasteiger partial charge is 0.490 e. The van der Waals surface area contributed by atoms with Crippen LogP contribution < -0.4 is 9.47 Å². The van der Waals surface area contributed by atoms with E-state index in [0.717, 1.165) is 11.1 Å². The molecule has 0 bridgehead atoms. The zero-order valence-electron chi connectivity index (χ0n) is 20.6. The lowest BCUT2D eigenvalue weighted by molar-refractivity contribution is -0.121. The molecule has 0 aromatic heterocycles. The topological polar surface area (TPSA) is 88.4 Å². The van der Waals surface area contributed by atoms with Crippen LogP contribution in [0.5, 0.6) is 11.5 Å². The Morgan fingerprint density at radius 1 is 1.11 bits per heavy atom. The van der Waals surface area contributed by atoms with Crippen LogP contribution in [0.3, 0.4) is 0 Å². The van der Waals surface area contributed by atoms with E-state index in [2.05, 4.69) is 11.6 Å². The highest BCUT2D eigenvalue weighted by Gasteiger charge is 2.32. The van der Waals surface area contributed by atoms with Crippen LogP contribution >= 0.6 is 23.4 Å². The first kappa shape index (κ1) is 27.0. The summed E-state index contributed by atoms with van der Waals surface area (Å²) in [5.74, 6) is -0.114. The molecule has 0 atom stereocenters. The number of amides is 1. The van der Waals surface area contributed by atoms with Crippen LogP contribution in [0.25, 0.3) is 6.08 Å². The number of carbonyl (C=O) groups is 2. The number of halogens is 1. The van der Waals surface area contributed by atoms with Crippen molar-refractivity contribution < 1.29 is 24.2 Å². The van der Waals surface area contributed by atoms with Crippen molar-refractivity contribution >= 4 is 52.2 Å². The smallest absolute Gasteiger partial charge is 0.335 e. The van der Waals surface area contributed by atoms with Crippen molar-refractivity contribution in [1.82, 2.24) is 4.90 Å². The number of nitrogens with zero attached hydrogens (tertiary/aromatic N) is 2. The number of hydrogen-bond acceptors (Lipinski definition) is 6. The number of aromatic carboxylic acids is 1. The second kappa shape index (κ2) is 12.5. The van der Waals surface area contributed by atoms with Crippen molar-refractivity contribution in [2.75, 3.05) is 13.2 Å². The minimum Gasteiger partial charge on any atom is -0.490 e. The van der Waals surface area contributed by atoms with Gasteiger partial charge in [0.05, 0.1) is 22.8 Å². The lowest BCUT2D eigenvalue weighted by Crippen LogP contribution is -2.29. The van der Waals surface area contributed by atoms with Gasteiger partial charge < -0.3 is 14.6 Å². The number of benzene rings is 3. The summed E-state index contributed by atoms with van der Waals surface area (Å²) in [4.78, 5) is 31.0. The van der Waals surface area contributed by atoms with E-state index in [-0.39, 0.29) is 18.0 Å². The van der Waals surface area contributed by atoms with Gasteiger partial charge in [0, 0.05) is 11.6 Å². The molecule has 38 heavy (non-hydrogen) atoms. The van der Waals surface area contributed by atoms with E-state index in [1.807, 2.05) is 49.4 Å². The van der Waals surface area contributed by atoms with Gasteiger partial charge in [-0.25, -0.2) is 9.79 Å². The highest BCUT2D eigenvalue weighted by atomic mass is 35.5. The first-order chi connectivity index (χ1) is 18.4. The van der Waals surface area contributed by atoms with Crippen molar-refractivity contribution in [2.45, 2.75) is 13.5 Å². The monoisotopic (exact) mass is 548 g/mol. The van der Waals surface area contributed by atoms with E-state index in [9.17, 15) is 14.7 Å². The molecule has 1 fully saturated rings. The third-order valence-electron chi connectivity index (χ3n) is 5.39. The average molecular weight is 549 g/mol. The number of ether oxygens (including phenoxy) is 2. The van der Waals surface area contributed by atoms with E-state index in [1.165, 1.54) is 28.8 Å². The lowest BCUT2D eigenvalue weighted by Gasteiger charge is -2.13. The molecule has 1 heterocycles. The molecule has 4 rings (SSSR count). The molecule has 3 aromatic carbocycles. The third-order valence-corrected chi connectivity index (χ3v) is 6.65. The second-order valence-corrected chi connectivity index (χ2v) is 9.56. The van der Waals surface area contributed by atoms with Crippen LogP contribution in [0.15, 0.2) is 89.3 Å². The number of amidine groups is 1. The van der Waals surface area contributed by atoms with Crippen LogP contribution in [0.2, 0.25) is 5.02 Å². The Kier molecular flexibility index (Phi) is 8.89. The Balaban J connectivity index is 1.59. The molecular formula is C29H25ClN2O5S. The Bertz CT molecular complexity index is 1420. The number of thioether (sulfide) groups is 1. The van der Waals surface area contributed by atoms with Crippen LogP contribution in [0.4, 0.5) is 5.69 Å². The summed E-state index contributed by atoms with van der Waals surface area (Å²) in [7, 11) is 0. The highest BCUT2D eigenvalue weighted by molar-refractivity contribution is 8.18. The molecule has 0 saturated carbocycles. The van der Waals surface area contributed by atoms with Gasteiger partial charge >= 0.3 is 5.97 Å². The molecule has 0 unspecified atom stereocenters. The fourth-order valence-electron chi connectivity index (χ4n) is 3.60.